The van der Waals surface area contributed by atoms with Crippen molar-refractivity contribution in [3.63, 3.8) is 0 Å². The summed E-state index contributed by atoms with van der Waals surface area (Å²) < 4.78 is 5.15. The third kappa shape index (κ3) is 1.80. The monoisotopic (exact) mass is 178 g/mol. The van der Waals surface area contributed by atoms with Crippen LogP contribution in [0.2, 0.25) is 0 Å². The number of nitrogens with zero attached hydrogens (tertiary/aromatic N) is 1. The van der Waals surface area contributed by atoms with Crippen LogP contribution >= 0.6 is 0 Å². The molecule has 1 saturated heterocycles. The predicted octanol–water partition coefficient (Wildman–Crippen LogP) is 1.17. The van der Waals surface area contributed by atoms with Crippen molar-refractivity contribution in [1.29, 1.82) is 0 Å². The van der Waals surface area contributed by atoms with Crippen molar-refractivity contribution in [1.82, 2.24) is 10.3 Å². The van der Waals surface area contributed by atoms with Gasteiger partial charge < -0.3 is 10.1 Å². The molecule has 1 fully saturated rings. The van der Waals surface area contributed by atoms with Gasteiger partial charge in [0.25, 0.3) is 0 Å². The van der Waals surface area contributed by atoms with Gasteiger partial charge in [-0.1, -0.05) is 0 Å². The zero-order valence-corrected chi connectivity index (χ0v) is 7.79. The van der Waals surface area contributed by atoms with Crippen LogP contribution in [-0.2, 0) is 0 Å². The van der Waals surface area contributed by atoms with Crippen LogP contribution in [0.1, 0.15) is 18.0 Å². The van der Waals surface area contributed by atoms with E-state index in [0.717, 1.165) is 24.5 Å². The van der Waals surface area contributed by atoms with E-state index in [1.165, 1.54) is 6.42 Å². The number of hydrogen-bond acceptors (Lipinski definition) is 3. The van der Waals surface area contributed by atoms with Gasteiger partial charge >= 0.3 is 0 Å². The minimum atomic E-state index is 0.565. The third-order valence-electron chi connectivity index (χ3n) is 2.47. The van der Waals surface area contributed by atoms with E-state index in [4.69, 9.17) is 4.74 Å². The predicted molar refractivity (Wildman–Crippen MR) is 51.0 cm³/mol. The maximum Gasteiger partial charge on any atom is 0.122 e. The minimum Gasteiger partial charge on any atom is -0.497 e. The van der Waals surface area contributed by atoms with Gasteiger partial charge in [-0.05, 0) is 19.0 Å². The lowest BCUT2D eigenvalue weighted by molar-refractivity contribution is 0.413. The largest absolute Gasteiger partial charge is 0.497 e. The smallest absolute Gasteiger partial charge is 0.122 e. The normalized spacial score (nSPS) is 21.8. The Morgan fingerprint density at radius 3 is 3.23 bits per heavy atom. The molecule has 0 amide bonds. The first kappa shape index (κ1) is 8.51. The van der Waals surface area contributed by atoms with E-state index in [2.05, 4.69) is 10.3 Å². The molecule has 3 heteroatoms. The number of rotatable bonds is 2. The fraction of sp³-hybridized carbons (Fsp3) is 0.500. The summed E-state index contributed by atoms with van der Waals surface area (Å²) in [7, 11) is 1.69. The number of methoxy groups -OCH3 is 1. The van der Waals surface area contributed by atoms with Gasteiger partial charge in [0.1, 0.15) is 5.75 Å². The summed E-state index contributed by atoms with van der Waals surface area (Å²) in [4.78, 5) is 4.35. The maximum absolute atomic E-state index is 5.15. The first-order chi connectivity index (χ1) is 6.40. The Balaban J connectivity index is 2.18. The Bertz CT molecular complexity index is 282. The van der Waals surface area contributed by atoms with Crippen molar-refractivity contribution < 1.29 is 4.74 Å². The molecule has 0 aliphatic carbocycles. The highest BCUT2D eigenvalue weighted by Gasteiger charge is 2.17. The molecule has 0 spiro atoms. The van der Waals surface area contributed by atoms with Crippen molar-refractivity contribution in [2.24, 2.45) is 0 Å². The molecule has 0 aromatic carbocycles. The summed E-state index contributed by atoms with van der Waals surface area (Å²) in [5, 5.41) is 3.33. The zero-order chi connectivity index (χ0) is 9.10. The van der Waals surface area contributed by atoms with Crippen molar-refractivity contribution in [2.45, 2.75) is 12.3 Å². The molecular formula is C10H14N2O. The van der Waals surface area contributed by atoms with Crippen LogP contribution in [0.4, 0.5) is 0 Å². The Morgan fingerprint density at radius 1 is 1.62 bits per heavy atom. The lowest BCUT2D eigenvalue weighted by Gasteiger charge is -2.08. The minimum absolute atomic E-state index is 0.565. The van der Waals surface area contributed by atoms with Gasteiger partial charge in [0, 0.05) is 30.4 Å². The molecule has 2 heterocycles. The second kappa shape index (κ2) is 3.75. The van der Waals surface area contributed by atoms with Gasteiger partial charge in [0.15, 0.2) is 0 Å². The summed E-state index contributed by atoms with van der Waals surface area (Å²) in [5.41, 5.74) is 1.14. The SMILES string of the molecule is COc1ccnc(C2CCNC2)c1. The first-order valence-corrected chi connectivity index (χ1v) is 4.61. The number of nitrogens with one attached hydrogen (secondary N) is 1. The molecule has 70 valence electrons. The van der Waals surface area contributed by atoms with Gasteiger partial charge in [0.2, 0.25) is 0 Å². The highest BCUT2D eigenvalue weighted by atomic mass is 16.5. The summed E-state index contributed by atoms with van der Waals surface area (Å²) in [6.07, 6.45) is 2.99. The van der Waals surface area contributed by atoms with Crippen molar-refractivity contribution in [3.05, 3.63) is 24.0 Å². The van der Waals surface area contributed by atoms with Crippen molar-refractivity contribution in [3.8, 4) is 5.75 Å². The van der Waals surface area contributed by atoms with E-state index in [1.807, 2.05) is 18.3 Å². The topological polar surface area (TPSA) is 34.1 Å². The fourth-order valence-electron chi connectivity index (χ4n) is 1.69. The van der Waals surface area contributed by atoms with E-state index in [-0.39, 0.29) is 0 Å². The summed E-state index contributed by atoms with van der Waals surface area (Å²) in [6.45, 7) is 2.14. The fourth-order valence-corrected chi connectivity index (χ4v) is 1.69. The number of hydrogen-bond donors (Lipinski definition) is 1. The Kier molecular flexibility index (Phi) is 2.45. The Labute approximate surface area is 78.1 Å². The van der Waals surface area contributed by atoms with Crippen LogP contribution < -0.4 is 10.1 Å². The van der Waals surface area contributed by atoms with Crippen LogP contribution in [0.15, 0.2) is 18.3 Å². The number of aromatic nitrogens is 1. The first-order valence-electron chi connectivity index (χ1n) is 4.61. The van der Waals surface area contributed by atoms with E-state index in [0.29, 0.717) is 5.92 Å². The molecule has 1 unspecified atom stereocenters. The summed E-state index contributed by atoms with van der Waals surface area (Å²) in [5.74, 6) is 1.46. The standard InChI is InChI=1S/C10H14N2O/c1-13-9-3-5-12-10(6-9)8-2-4-11-7-8/h3,5-6,8,11H,2,4,7H2,1H3. The highest BCUT2D eigenvalue weighted by molar-refractivity contribution is 5.25. The summed E-state index contributed by atoms with van der Waals surface area (Å²) >= 11 is 0. The second-order valence-corrected chi connectivity index (χ2v) is 3.31. The van der Waals surface area contributed by atoms with Crippen LogP contribution in [0.25, 0.3) is 0 Å². The van der Waals surface area contributed by atoms with Crippen LogP contribution in [-0.4, -0.2) is 25.2 Å². The third-order valence-corrected chi connectivity index (χ3v) is 2.47. The molecule has 3 nitrogen and oxygen atoms in total. The van der Waals surface area contributed by atoms with E-state index < -0.39 is 0 Å². The lowest BCUT2D eigenvalue weighted by atomic mass is 10.0. The molecule has 1 atom stereocenters. The maximum atomic E-state index is 5.15. The number of ether oxygens (including phenoxy) is 1. The number of pyridine rings is 1. The van der Waals surface area contributed by atoms with Gasteiger partial charge in [0.05, 0.1) is 7.11 Å². The second-order valence-electron chi connectivity index (χ2n) is 3.31. The molecule has 2 rings (SSSR count). The molecule has 13 heavy (non-hydrogen) atoms. The molecular weight excluding hydrogens is 164 g/mol. The highest BCUT2D eigenvalue weighted by Crippen LogP contribution is 2.22. The molecule has 1 aliphatic rings. The lowest BCUT2D eigenvalue weighted by Crippen LogP contribution is -2.08. The molecule has 1 aromatic rings. The molecule has 1 aliphatic heterocycles. The van der Waals surface area contributed by atoms with E-state index in [9.17, 15) is 0 Å². The van der Waals surface area contributed by atoms with E-state index in [1.54, 1.807) is 7.11 Å². The average Bonchev–Trinajstić information content (AvgIpc) is 2.71. The van der Waals surface area contributed by atoms with Crippen LogP contribution in [0, 0.1) is 0 Å². The molecule has 0 radical (unpaired) electrons. The van der Waals surface area contributed by atoms with Crippen LogP contribution in [0.5, 0.6) is 5.75 Å². The van der Waals surface area contributed by atoms with Gasteiger partial charge in [-0.3, -0.25) is 4.98 Å². The molecule has 1 aromatic heterocycles. The van der Waals surface area contributed by atoms with Crippen molar-refractivity contribution in [2.75, 3.05) is 20.2 Å². The molecule has 0 saturated carbocycles. The average molecular weight is 178 g/mol. The van der Waals surface area contributed by atoms with Gasteiger partial charge in [-0.25, -0.2) is 0 Å². The Hall–Kier alpha value is -1.09. The molecule has 1 N–H and O–H groups in total. The molecule has 0 bridgehead atoms. The van der Waals surface area contributed by atoms with Crippen LogP contribution in [0.3, 0.4) is 0 Å². The van der Waals surface area contributed by atoms with Gasteiger partial charge in [-0.2, -0.15) is 0 Å². The summed E-state index contributed by atoms with van der Waals surface area (Å²) in [6, 6.07) is 3.91. The quantitative estimate of drug-likeness (QED) is 0.738. The van der Waals surface area contributed by atoms with E-state index >= 15 is 0 Å². The van der Waals surface area contributed by atoms with Gasteiger partial charge in [-0.15, -0.1) is 0 Å². The van der Waals surface area contributed by atoms with Crippen molar-refractivity contribution >= 4 is 0 Å². The Morgan fingerprint density at radius 2 is 2.54 bits per heavy atom. The zero-order valence-electron chi connectivity index (χ0n) is 7.79.